The minimum atomic E-state index is 0.246. The lowest BCUT2D eigenvalue weighted by atomic mass is 9.86. The van der Waals surface area contributed by atoms with Gasteiger partial charge in [-0.2, -0.15) is 0 Å². The Bertz CT molecular complexity index is 840. The van der Waals surface area contributed by atoms with E-state index in [2.05, 4.69) is 33.6 Å². The van der Waals surface area contributed by atoms with Gasteiger partial charge < -0.3 is 4.90 Å². The van der Waals surface area contributed by atoms with Crippen LogP contribution >= 0.6 is 11.8 Å². The quantitative estimate of drug-likeness (QED) is 0.481. The summed E-state index contributed by atoms with van der Waals surface area (Å²) in [7, 11) is 0. The number of aromatic nitrogens is 4. The molecule has 154 valence electrons. The molecule has 2 saturated carbocycles. The van der Waals surface area contributed by atoms with Crippen LogP contribution < -0.4 is 0 Å². The van der Waals surface area contributed by atoms with Gasteiger partial charge in [-0.05, 0) is 56.6 Å². The number of thioether (sulfide) groups is 1. The molecule has 4 rings (SSSR count). The highest BCUT2D eigenvalue weighted by Gasteiger charge is 2.38. The molecule has 2 aliphatic rings. The summed E-state index contributed by atoms with van der Waals surface area (Å²) in [6.07, 6.45) is 12.4. The third kappa shape index (κ3) is 4.71. The molecule has 1 amide bonds. The van der Waals surface area contributed by atoms with Gasteiger partial charge in [-0.1, -0.05) is 24.8 Å². The maximum absolute atomic E-state index is 13.1. The highest BCUT2D eigenvalue weighted by Crippen LogP contribution is 2.36. The molecule has 29 heavy (non-hydrogen) atoms. The molecule has 0 atom stereocenters. The molecule has 2 fully saturated rings. The first kappa shape index (κ1) is 20.1. The predicted molar refractivity (Wildman–Crippen MR) is 115 cm³/mol. The van der Waals surface area contributed by atoms with Crippen LogP contribution in [-0.2, 0) is 11.3 Å². The van der Waals surface area contributed by atoms with E-state index in [0.29, 0.717) is 24.4 Å². The van der Waals surface area contributed by atoms with Gasteiger partial charge in [0.05, 0.1) is 5.75 Å². The van der Waals surface area contributed by atoms with Crippen LogP contribution in [0.4, 0.5) is 0 Å². The van der Waals surface area contributed by atoms with Crippen molar-refractivity contribution in [3.63, 3.8) is 0 Å². The van der Waals surface area contributed by atoms with Crippen LogP contribution in [0.2, 0.25) is 0 Å². The Balaban J connectivity index is 1.46. The van der Waals surface area contributed by atoms with Crippen molar-refractivity contribution in [1.82, 2.24) is 24.6 Å². The lowest BCUT2D eigenvalue weighted by Gasteiger charge is -2.36. The zero-order chi connectivity index (χ0) is 20.2. The van der Waals surface area contributed by atoms with Crippen molar-refractivity contribution in [2.45, 2.75) is 69.2 Å². The van der Waals surface area contributed by atoms with Gasteiger partial charge in [-0.3, -0.25) is 14.3 Å². The first-order valence-electron chi connectivity index (χ1n) is 10.6. The lowest BCUT2D eigenvalue weighted by Crippen LogP contribution is -2.44. The van der Waals surface area contributed by atoms with Gasteiger partial charge in [0.15, 0.2) is 11.0 Å². The number of hydrogen-bond acceptors (Lipinski definition) is 5. The average molecular weight is 412 g/mol. The molecule has 2 aromatic heterocycles. The molecule has 0 spiro atoms. The Labute approximate surface area is 176 Å². The van der Waals surface area contributed by atoms with Crippen molar-refractivity contribution in [2.75, 3.05) is 5.75 Å². The number of nitrogens with zero attached hydrogens (tertiary/aromatic N) is 5. The van der Waals surface area contributed by atoms with E-state index in [-0.39, 0.29) is 5.91 Å². The number of carbonyl (C=O) groups is 1. The first-order chi connectivity index (χ1) is 14.2. The van der Waals surface area contributed by atoms with E-state index in [1.54, 1.807) is 12.4 Å². The number of carbonyl (C=O) groups excluding carboxylic acids is 1. The van der Waals surface area contributed by atoms with Crippen molar-refractivity contribution in [3.05, 3.63) is 37.2 Å². The summed E-state index contributed by atoms with van der Waals surface area (Å²) in [6.45, 7) is 6.79. The topological polar surface area (TPSA) is 63.9 Å². The summed E-state index contributed by atoms with van der Waals surface area (Å²) < 4.78 is 2.02. The third-order valence-electron chi connectivity index (χ3n) is 5.90. The monoisotopic (exact) mass is 411 g/mol. The van der Waals surface area contributed by atoms with Gasteiger partial charge in [0, 0.05) is 36.6 Å². The second-order valence-corrected chi connectivity index (χ2v) is 9.12. The summed E-state index contributed by atoms with van der Waals surface area (Å²) in [6, 6.07) is 4.72. The van der Waals surface area contributed by atoms with E-state index < -0.39 is 0 Å². The van der Waals surface area contributed by atoms with Crippen molar-refractivity contribution in [2.24, 2.45) is 5.92 Å². The van der Waals surface area contributed by atoms with Gasteiger partial charge >= 0.3 is 0 Å². The lowest BCUT2D eigenvalue weighted by molar-refractivity contribution is -0.132. The summed E-state index contributed by atoms with van der Waals surface area (Å²) in [5.41, 5.74) is 0.962. The molecule has 2 aliphatic carbocycles. The molecule has 0 unspecified atom stereocenters. The molecule has 0 bridgehead atoms. The molecule has 0 aliphatic heterocycles. The molecular formula is C22H29N5OS. The number of allylic oxidation sites excluding steroid dienone is 1. The van der Waals surface area contributed by atoms with Crippen molar-refractivity contribution < 1.29 is 4.79 Å². The molecule has 2 heterocycles. The Morgan fingerprint density at radius 3 is 2.45 bits per heavy atom. The second kappa shape index (κ2) is 9.11. The van der Waals surface area contributed by atoms with Crippen LogP contribution in [0.5, 0.6) is 0 Å². The van der Waals surface area contributed by atoms with E-state index in [1.165, 1.54) is 24.6 Å². The van der Waals surface area contributed by atoms with Crippen LogP contribution in [0, 0.1) is 5.92 Å². The minimum Gasteiger partial charge on any atom is -0.336 e. The number of amides is 1. The van der Waals surface area contributed by atoms with Gasteiger partial charge in [0.25, 0.3) is 0 Å². The Morgan fingerprint density at radius 2 is 1.83 bits per heavy atom. The Morgan fingerprint density at radius 1 is 1.17 bits per heavy atom. The summed E-state index contributed by atoms with van der Waals surface area (Å²) in [4.78, 5) is 19.4. The Hall–Kier alpha value is -2.15. The van der Waals surface area contributed by atoms with Gasteiger partial charge in [-0.15, -0.1) is 16.8 Å². The van der Waals surface area contributed by atoms with Crippen LogP contribution in [0.25, 0.3) is 11.4 Å². The summed E-state index contributed by atoms with van der Waals surface area (Å²) in [5.74, 6) is 2.23. The molecule has 6 nitrogen and oxygen atoms in total. The van der Waals surface area contributed by atoms with Crippen molar-refractivity contribution >= 4 is 17.7 Å². The molecular weight excluding hydrogens is 382 g/mol. The minimum absolute atomic E-state index is 0.246. The molecule has 0 radical (unpaired) electrons. The average Bonchev–Trinajstić information content (AvgIpc) is 3.49. The normalized spacial score (nSPS) is 21.7. The summed E-state index contributed by atoms with van der Waals surface area (Å²) in [5, 5.41) is 9.49. The van der Waals surface area contributed by atoms with Crippen molar-refractivity contribution in [3.8, 4) is 11.4 Å². The van der Waals surface area contributed by atoms with Crippen LogP contribution in [0.15, 0.2) is 42.3 Å². The van der Waals surface area contributed by atoms with Crippen LogP contribution in [0.1, 0.15) is 45.4 Å². The number of pyridine rings is 1. The second-order valence-electron chi connectivity index (χ2n) is 8.18. The van der Waals surface area contributed by atoms with Gasteiger partial charge in [0.1, 0.15) is 0 Å². The number of rotatable bonds is 8. The van der Waals surface area contributed by atoms with Gasteiger partial charge in [0.2, 0.25) is 5.91 Å². The standard InChI is InChI=1S/C22H29N5OS/c1-3-14-26-21(17-10-12-23-13-11-17)24-25-22(26)29-15-20(28)27(19-8-9-19)18-6-4-16(2)5-7-18/h3,10-13,16,18-19H,1,4-9,14-15H2,2H3. The molecule has 7 heteroatoms. The highest BCUT2D eigenvalue weighted by atomic mass is 32.2. The highest BCUT2D eigenvalue weighted by molar-refractivity contribution is 7.99. The smallest absolute Gasteiger partial charge is 0.233 e. The maximum atomic E-state index is 13.1. The van der Waals surface area contributed by atoms with Gasteiger partial charge in [-0.25, -0.2) is 0 Å². The third-order valence-corrected chi connectivity index (χ3v) is 6.85. The van der Waals surface area contributed by atoms with E-state index in [0.717, 1.165) is 48.1 Å². The fraction of sp³-hybridized carbons (Fsp3) is 0.545. The van der Waals surface area contributed by atoms with Crippen molar-refractivity contribution in [1.29, 1.82) is 0 Å². The van der Waals surface area contributed by atoms with Crippen LogP contribution in [0.3, 0.4) is 0 Å². The predicted octanol–water partition coefficient (Wildman–Crippen LogP) is 4.19. The first-order valence-corrected chi connectivity index (χ1v) is 11.5. The zero-order valence-corrected chi connectivity index (χ0v) is 17.9. The van der Waals surface area contributed by atoms with E-state index in [4.69, 9.17) is 0 Å². The molecule has 2 aromatic rings. The fourth-order valence-electron chi connectivity index (χ4n) is 4.18. The molecule has 0 saturated heterocycles. The molecule has 0 N–H and O–H groups in total. The Kier molecular flexibility index (Phi) is 6.33. The summed E-state index contributed by atoms with van der Waals surface area (Å²) >= 11 is 1.48. The molecule has 0 aromatic carbocycles. The van der Waals surface area contributed by atoms with E-state index in [1.807, 2.05) is 22.8 Å². The largest absolute Gasteiger partial charge is 0.336 e. The zero-order valence-electron chi connectivity index (χ0n) is 17.0. The fourth-order valence-corrected chi connectivity index (χ4v) is 5.00. The van der Waals surface area contributed by atoms with E-state index in [9.17, 15) is 4.79 Å². The van der Waals surface area contributed by atoms with E-state index >= 15 is 0 Å². The maximum Gasteiger partial charge on any atom is 0.233 e. The number of hydrogen-bond donors (Lipinski definition) is 0. The SMILES string of the molecule is C=CCn1c(SCC(=O)N(C2CCC(C)CC2)C2CC2)nnc1-c1ccncc1. The van der Waals surface area contributed by atoms with Crippen LogP contribution in [-0.4, -0.2) is 48.4 Å².